The Morgan fingerprint density at radius 3 is 2.47 bits per heavy atom. The van der Waals surface area contributed by atoms with E-state index in [0.717, 1.165) is 16.5 Å². The van der Waals surface area contributed by atoms with Gasteiger partial charge in [-0.25, -0.2) is 19.9 Å². The van der Waals surface area contributed by atoms with E-state index in [-0.39, 0.29) is 23.7 Å². The minimum Gasteiger partial charge on any atom is -0.370 e. The number of amides is 1. The summed E-state index contributed by atoms with van der Waals surface area (Å²) in [5, 5.41) is 8.94. The molecule has 0 saturated heterocycles. The summed E-state index contributed by atoms with van der Waals surface area (Å²) in [4.78, 5) is 33.2. The molecular formula is C26H27F3N8O. The number of para-hydroxylation sites is 1. The fraction of sp³-hybridized carbons (Fsp3) is 0.308. The number of carbonyl (C=O) groups excluding carboxylic acids is 1. The third-order valence-electron chi connectivity index (χ3n) is 6.28. The van der Waals surface area contributed by atoms with Crippen molar-refractivity contribution in [3.8, 4) is 11.3 Å². The third kappa shape index (κ3) is 6.31. The van der Waals surface area contributed by atoms with Crippen molar-refractivity contribution >= 4 is 28.6 Å². The standard InChI is InChI=1S/C26H27F3N8O/c1-15(16(2)18-5-4-6-19-20(24(38)30-3)7-8-31-23(18)19)10-32-22-9-21(36-14-37-22)17-11-33-25(34-12-17)35-13-26(27,28)29/h4-9,11-12,14-16H,10,13H2,1-3H3,(H,30,38)(H,32,36,37)(H,33,34,35)/t15?,16-/m1/s1. The third-order valence-corrected chi connectivity index (χ3v) is 6.28. The van der Waals surface area contributed by atoms with E-state index < -0.39 is 12.7 Å². The van der Waals surface area contributed by atoms with E-state index >= 15 is 0 Å². The molecule has 3 N–H and O–H groups in total. The smallest absolute Gasteiger partial charge is 0.370 e. The molecule has 0 radical (unpaired) electrons. The second kappa shape index (κ2) is 11.4. The van der Waals surface area contributed by atoms with E-state index in [1.54, 1.807) is 25.4 Å². The molecule has 0 aliphatic carbocycles. The molecule has 4 rings (SSSR count). The van der Waals surface area contributed by atoms with Crippen LogP contribution in [0, 0.1) is 5.92 Å². The molecule has 0 saturated carbocycles. The van der Waals surface area contributed by atoms with E-state index in [4.69, 9.17) is 0 Å². The van der Waals surface area contributed by atoms with Crippen molar-refractivity contribution in [1.29, 1.82) is 0 Å². The van der Waals surface area contributed by atoms with E-state index in [1.807, 2.05) is 18.2 Å². The maximum atomic E-state index is 12.4. The van der Waals surface area contributed by atoms with Crippen molar-refractivity contribution in [3.63, 3.8) is 0 Å². The highest BCUT2D eigenvalue weighted by Crippen LogP contribution is 2.31. The fourth-order valence-corrected chi connectivity index (χ4v) is 3.99. The summed E-state index contributed by atoms with van der Waals surface area (Å²) in [6.45, 7) is 3.61. The SMILES string of the molecule is CNC(=O)c1ccnc2c([C@H](C)C(C)CNc3cc(-c4cnc(NCC(F)(F)F)nc4)ncn3)cccc12. The Balaban J connectivity index is 1.44. The number of pyridine rings is 1. The first-order valence-corrected chi connectivity index (χ1v) is 11.9. The molecule has 0 spiro atoms. The number of rotatable bonds is 9. The van der Waals surface area contributed by atoms with Gasteiger partial charge in [-0.1, -0.05) is 32.0 Å². The Kier molecular flexibility index (Phi) is 7.99. The van der Waals surface area contributed by atoms with Crippen LogP contribution in [-0.4, -0.2) is 57.1 Å². The number of anilines is 2. The minimum absolute atomic E-state index is 0.116. The summed E-state index contributed by atoms with van der Waals surface area (Å²) in [6.07, 6.45) is 1.50. The number of benzene rings is 1. The maximum absolute atomic E-state index is 12.4. The molecule has 0 aliphatic heterocycles. The average Bonchev–Trinajstić information content (AvgIpc) is 2.93. The first-order chi connectivity index (χ1) is 18.2. The Morgan fingerprint density at radius 2 is 1.76 bits per heavy atom. The molecule has 3 aromatic heterocycles. The molecule has 0 fully saturated rings. The van der Waals surface area contributed by atoms with Gasteiger partial charge in [-0.15, -0.1) is 0 Å². The summed E-state index contributed by atoms with van der Waals surface area (Å²) in [5.74, 6) is 0.601. The Hall–Kier alpha value is -4.35. The van der Waals surface area contributed by atoms with Gasteiger partial charge < -0.3 is 16.0 Å². The van der Waals surface area contributed by atoms with Crippen LogP contribution in [0.15, 0.2) is 55.2 Å². The Labute approximate surface area is 217 Å². The number of fused-ring (bicyclic) bond motifs is 1. The van der Waals surface area contributed by atoms with E-state index in [2.05, 4.69) is 54.7 Å². The zero-order chi connectivity index (χ0) is 27.3. The normalized spacial score (nSPS) is 13.1. The molecule has 1 unspecified atom stereocenters. The number of hydrogen-bond donors (Lipinski definition) is 3. The van der Waals surface area contributed by atoms with Crippen LogP contribution in [0.2, 0.25) is 0 Å². The largest absolute Gasteiger partial charge is 0.405 e. The van der Waals surface area contributed by atoms with Gasteiger partial charge in [-0.05, 0) is 23.5 Å². The molecule has 2 atom stereocenters. The van der Waals surface area contributed by atoms with Gasteiger partial charge in [0.25, 0.3) is 5.91 Å². The fourth-order valence-electron chi connectivity index (χ4n) is 3.99. The molecule has 1 aromatic carbocycles. The topological polar surface area (TPSA) is 118 Å². The minimum atomic E-state index is -4.36. The highest BCUT2D eigenvalue weighted by Gasteiger charge is 2.27. The van der Waals surface area contributed by atoms with Crippen LogP contribution in [0.1, 0.15) is 35.7 Å². The quantitative estimate of drug-likeness (QED) is 0.289. The molecule has 38 heavy (non-hydrogen) atoms. The number of hydrogen-bond acceptors (Lipinski definition) is 8. The van der Waals surface area contributed by atoms with Gasteiger partial charge >= 0.3 is 6.18 Å². The summed E-state index contributed by atoms with van der Waals surface area (Å²) in [6, 6.07) is 9.31. The van der Waals surface area contributed by atoms with Crippen LogP contribution >= 0.6 is 0 Å². The zero-order valence-corrected chi connectivity index (χ0v) is 21.0. The molecule has 198 valence electrons. The molecule has 1 amide bonds. The van der Waals surface area contributed by atoms with Crippen molar-refractivity contribution in [2.24, 2.45) is 5.92 Å². The van der Waals surface area contributed by atoms with Gasteiger partial charge in [0, 0.05) is 49.2 Å². The predicted molar refractivity (Wildman–Crippen MR) is 139 cm³/mol. The van der Waals surface area contributed by atoms with Crippen LogP contribution in [0.3, 0.4) is 0 Å². The zero-order valence-electron chi connectivity index (χ0n) is 21.0. The summed E-state index contributed by atoms with van der Waals surface area (Å²) in [7, 11) is 1.60. The van der Waals surface area contributed by atoms with Crippen molar-refractivity contribution < 1.29 is 18.0 Å². The highest BCUT2D eigenvalue weighted by molar-refractivity contribution is 6.06. The lowest BCUT2D eigenvalue weighted by Gasteiger charge is -2.22. The van der Waals surface area contributed by atoms with Gasteiger partial charge in [0.1, 0.15) is 18.7 Å². The van der Waals surface area contributed by atoms with Crippen LogP contribution in [-0.2, 0) is 0 Å². The van der Waals surface area contributed by atoms with Gasteiger partial charge in [-0.2, -0.15) is 13.2 Å². The molecule has 0 aliphatic rings. The first-order valence-electron chi connectivity index (χ1n) is 11.9. The average molecular weight is 525 g/mol. The molecule has 0 bridgehead atoms. The second-order valence-corrected chi connectivity index (χ2v) is 8.88. The maximum Gasteiger partial charge on any atom is 0.405 e. The summed E-state index contributed by atoms with van der Waals surface area (Å²) >= 11 is 0. The number of aromatic nitrogens is 5. The monoisotopic (exact) mass is 524 g/mol. The molecule has 4 aromatic rings. The predicted octanol–water partition coefficient (Wildman–Crippen LogP) is 4.67. The van der Waals surface area contributed by atoms with Crippen molar-refractivity contribution in [1.82, 2.24) is 30.2 Å². The summed E-state index contributed by atoms with van der Waals surface area (Å²) < 4.78 is 37.1. The van der Waals surface area contributed by atoms with Gasteiger partial charge in [0.05, 0.1) is 16.8 Å². The lowest BCUT2D eigenvalue weighted by Crippen LogP contribution is -2.22. The number of nitrogens with zero attached hydrogens (tertiary/aromatic N) is 5. The lowest BCUT2D eigenvalue weighted by molar-refractivity contribution is -0.115. The van der Waals surface area contributed by atoms with Crippen LogP contribution in [0.4, 0.5) is 24.9 Å². The van der Waals surface area contributed by atoms with E-state index in [1.165, 1.54) is 18.7 Å². The first kappa shape index (κ1) is 26.7. The molecular weight excluding hydrogens is 497 g/mol. The molecule has 9 nitrogen and oxygen atoms in total. The molecule has 12 heteroatoms. The second-order valence-electron chi connectivity index (χ2n) is 8.88. The number of nitrogens with one attached hydrogen (secondary N) is 3. The number of alkyl halides is 3. The molecule has 3 heterocycles. The Bertz CT molecular complexity index is 1410. The highest BCUT2D eigenvalue weighted by atomic mass is 19.4. The van der Waals surface area contributed by atoms with Crippen LogP contribution in [0.25, 0.3) is 22.2 Å². The summed E-state index contributed by atoms with van der Waals surface area (Å²) in [5.41, 5.74) is 3.50. The number of halogens is 3. The van der Waals surface area contributed by atoms with Crippen LogP contribution in [0.5, 0.6) is 0 Å². The van der Waals surface area contributed by atoms with Crippen molar-refractivity contribution in [3.05, 3.63) is 66.4 Å². The van der Waals surface area contributed by atoms with E-state index in [9.17, 15) is 18.0 Å². The van der Waals surface area contributed by atoms with Crippen LogP contribution < -0.4 is 16.0 Å². The van der Waals surface area contributed by atoms with Crippen molar-refractivity contribution in [2.75, 3.05) is 30.8 Å². The van der Waals surface area contributed by atoms with Gasteiger partial charge in [0.15, 0.2) is 0 Å². The van der Waals surface area contributed by atoms with Gasteiger partial charge in [0.2, 0.25) is 5.95 Å². The lowest BCUT2D eigenvalue weighted by atomic mass is 9.87. The van der Waals surface area contributed by atoms with E-state index in [0.29, 0.717) is 29.2 Å². The van der Waals surface area contributed by atoms with Gasteiger partial charge in [-0.3, -0.25) is 9.78 Å². The Morgan fingerprint density at radius 1 is 1.00 bits per heavy atom. The number of carbonyl (C=O) groups is 1. The van der Waals surface area contributed by atoms with Crippen molar-refractivity contribution in [2.45, 2.75) is 25.9 Å².